The van der Waals surface area contributed by atoms with Gasteiger partial charge in [-0.1, -0.05) is 20.8 Å². The summed E-state index contributed by atoms with van der Waals surface area (Å²) in [6.07, 6.45) is 9.22. The highest BCUT2D eigenvalue weighted by Crippen LogP contribution is 2.66. The van der Waals surface area contributed by atoms with Gasteiger partial charge < -0.3 is 4.74 Å². The van der Waals surface area contributed by atoms with Gasteiger partial charge in [-0.2, -0.15) is 0 Å². The number of hydrogen-bond donors (Lipinski definition) is 0. The Bertz CT molecular complexity index is 584. The fourth-order valence-corrected chi connectivity index (χ4v) is 7.75. The Hall–Kier alpha value is -0.860. The molecule has 0 aliphatic heterocycles. The molecular weight excluding hydrogens is 312 g/mol. The molecule has 0 saturated heterocycles. The molecule has 4 fully saturated rings. The van der Waals surface area contributed by atoms with E-state index in [0.29, 0.717) is 23.0 Å². The molecule has 0 aromatic rings. The smallest absolute Gasteiger partial charge is 0.302 e. The number of rotatable bonds is 1. The molecule has 0 spiro atoms. The topological polar surface area (TPSA) is 43.4 Å². The van der Waals surface area contributed by atoms with E-state index >= 15 is 0 Å². The molecule has 0 amide bonds. The van der Waals surface area contributed by atoms with E-state index in [-0.39, 0.29) is 23.4 Å². The van der Waals surface area contributed by atoms with E-state index in [4.69, 9.17) is 4.74 Å². The van der Waals surface area contributed by atoms with Crippen molar-refractivity contribution in [2.24, 2.45) is 40.4 Å². The second kappa shape index (κ2) is 5.82. The van der Waals surface area contributed by atoms with Crippen molar-refractivity contribution in [3.8, 4) is 0 Å². The van der Waals surface area contributed by atoms with Crippen LogP contribution in [0.15, 0.2) is 0 Å². The van der Waals surface area contributed by atoms with Gasteiger partial charge in [0.25, 0.3) is 0 Å². The van der Waals surface area contributed by atoms with Gasteiger partial charge in [0.15, 0.2) is 0 Å². The van der Waals surface area contributed by atoms with E-state index in [1.807, 2.05) is 0 Å². The van der Waals surface area contributed by atoms with Crippen LogP contribution in [0.4, 0.5) is 0 Å². The molecule has 3 heteroatoms. The van der Waals surface area contributed by atoms with Crippen LogP contribution in [0.1, 0.15) is 79.1 Å². The van der Waals surface area contributed by atoms with Gasteiger partial charge >= 0.3 is 5.97 Å². The Morgan fingerprint density at radius 3 is 2.48 bits per heavy atom. The number of esters is 1. The van der Waals surface area contributed by atoms with Crippen LogP contribution in [-0.4, -0.2) is 17.9 Å². The van der Waals surface area contributed by atoms with Gasteiger partial charge in [0.1, 0.15) is 11.9 Å². The quantitative estimate of drug-likeness (QED) is 0.642. The monoisotopic (exact) mass is 346 g/mol. The molecule has 4 saturated carbocycles. The van der Waals surface area contributed by atoms with Crippen LogP contribution >= 0.6 is 0 Å². The van der Waals surface area contributed by atoms with Gasteiger partial charge in [-0.15, -0.1) is 0 Å². The van der Waals surface area contributed by atoms with Gasteiger partial charge in [-0.05, 0) is 74.0 Å². The number of carbonyl (C=O) groups excluding carboxylic acids is 2. The summed E-state index contributed by atoms with van der Waals surface area (Å²) in [5.74, 6) is 3.44. The maximum atomic E-state index is 12.3. The zero-order chi connectivity index (χ0) is 18.0. The Morgan fingerprint density at radius 2 is 1.76 bits per heavy atom. The maximum Gasteiger partial charge on any atom is 0.302 e. The highest BCUT2D eigenvalue weighted by molar-refractivity contribution is 5.82. The third-order valence-electron chi connectivity index (χ3n) is 9.03. The Kier molecular flexibility index (Phi) is 4.09. The molecule has 0 radical (unpaired) electrons. The molecule has 0 aromatic carbocycles. The van der Waals surface area contributed by atoms with Crippen molar-refractivity contribution in [2.45, 2.75) is 85.2 Å². The molecule has 0 unspecified atom stereocenters. The minimum atomic E-state index is -0.121. The summed E-state index contributed by atoms with van der Waals surface area (Å²) in [4.78, 5) is 23.8. The largest absolute Gasteiger partial charge is 0.462 e. The SMILES string of the molecule is CC(=O)O[C@H]1CC[C@@H]2[C@@H]3CC[C@H]4CC(=O)[C@H](C)C[C@]4(C)[C@H]3CC[C@]12C. The Labute approximate surface area is 152 Å². The second-order valence-electron chi connectivity index (χ2n) is 10.2. The lowest BCUT2D eigenvalue weighted by Crippen LogP contribution is -2.55. The highest BCUT2D eigenvalue weighted by atomic mass is 16.5. The first-order valence-electron chi connectivity index (χ1n) is 10.5. The van der Waals surface area contributed by atoms with Gasteiger partial charge in [-0.25, -0.2) is 0 Å². The number of ketones is 1. The average molecular weight is 347 g/mol. The molecule has 0 N–H and O–H groups in total. The van der Waals surface area contributed by atoms with Gasteiger partial charge in [0, 0.05) is 24.7 Å². The molecular formula is C22H34O3. The Morgan fingerprint density at radius 1 is 1.04 bits per heavy atom. The number of carbonyl (C=O) groups is 2. The lowest BCUT2D eigenvalue weighted by Gasteiger charge is -2.60. The number of fused-ring (bicyclic) bond motifs is 5. The van der Waals surface area contributed by atoms with Crippen LogP contribution < -0.4 is 0 Å². The first-order chi connectivity index (χ1) is 11.8. The molecule has 0 aromatic heterocycles. The third-order valence-corrected chi connectivity index (χ3v) is 9.03. The molecule has 8 atom stereocenters. The zero-order valence-electron chi connectivity index (χ0n) is 16.3. The van der Waals surface area contributed by atoms with Crippen LogP contribution in [-0.2, 0) is 14.3 Å². The van der Waals surface area contributed by atoms with Crippen molar-refractivity contribution in [3.63, 3.8) is 0 Å². The molecule has 4 rings (SSSR count). The molecule has 25 heavy (non-hydrogen) atoms. The minimum absolute atomic E-state index is 0.119. The van der Waals surface area contributed by atoms with E-state index in [2.05, 4.69) is 20.8 Å². The number of hydrogen-bond acceptors (Lipinski definition) is 3. The first-order valence-corrected chi connectivity index (χ1v) is 10.5. The normalized spacial score (nSPS) is 52.1. The van der Waals surface area contributed by atoms with Crippen LogP contribution in [0.3, 0.4) is 0 Å². The molecule has 0 bridgehead atoms. The number of Topliss-reactive ketones (excluding diaryl/α,β-unsaturated/α-hetero) is 1. The van der Waals surface area contributed by atoms with E-state index in [0.717, 1.165) is 31.1 Å². The van der Waals surface area contributed by atoms with Crippen molar-refractivity contribution in [1.29, 1.82) is 0 Å². The van der Waals surface area contributed by atoms with Crippen LogP contribution in [0.25, 0.3) is 0 Å². The highest BCUT2D eigenvalue weighted by Gasteiger charge is 2.61. The predicted molar refractivity (Wildman–Crippen MR) is 96.8 cm³/mol. The third kappa shape index (κ3) is 2.51. The van der Waals surface area contributed by atoms with Gasteiger partial charge in [0.2, 0.25) is 0 Å². The molecule has 140 valence electrons. The van der Waals surface area contributed by atoms with E-state index in [9.17, 15) is 9.59 Å². The number of ether oxygens (including phenoxy) is 1. The van der Waals surface area contributed by atoms with Gasteiger partial charge in [0.05, 0.1) is 0 Å². The lowest BCUT2D eigenvalue weighted by molar-refractivity contribution is -0.163. The fraction of sp³-hybridized carbons (Fsp3) is 0.909. The summed E-state index contributed by atoms with van der Waals surface area (Å²) in [7, 11) is 0. The molecule has 3 nitrogen and oxygen atoms in total. The maximum absolute atomic E-state index is 12.3. The standard InChI is InChI=1S/C22H34O3/c1-13-12-22(4)15(11-19(13)24)5-6-16-17-7-8-20(25-14(2)23)21(17,3)10-9-18(16)22/h13,15-18,20H,5-12H2,1-4H3/t13-,15+,16+,17-,18+,20+,21+,22+/m1/s1. The van der Waals surface area contributed by atoms with E-state index in [1.54, 1.807) is 6.92 Å². The van der Waals surface area contributed by atoms with Crippen molar-refractivity contribution in [2.75, 3.05) is 0 Å². The average Bonchev–Trinajstić information content (AvgIpc) is 2.85. The van der Waals surface area contributed by atoms with Crippen LogP contribution in [0, 0.1) is 40.4 Å². The van der Waals surface area contributed by atoms with Crippen molar-refractivity contribution in [3.05, 3.63) is 0 Å². The lowest BCUT2D eigenvalue weighted by atomic mass is 9.44. The zero-order valence-corrected chi connectivity index (χ0v) is 16.3. The predicted octanol–water partition coefficient (Wildman–Crippen LogP) is 4.78. The molecule has 4 aliphatic carbocycles. The van der Waals surface area contributed by atoms with Crippen LogP contribution in [0.2, 0.25) is 0 Å². The van der Waals surface area contributed by atoms with Crippen LogP contribution in [0.5, 0.6) is 0 Å². The summed E-state index contributed by atoms with van der Waals surface area (Å²) in [6, 6.07) is 0. The molecule has 4 aliphatic rings. The Balaban J connectivity index is 1.59. The first kappa shape index (κ1) is 17.5. The summed E-state index contributed by atoms with van der Waals surface area (Å²) < 4.78 is 5.74. The fourth-order valence-electron chi connectivity index (χ4n) is 7.75. The van der Waals surface area contributed by atoms with Crippen molar-refractivity contribution < 1.29 is 14.3 Å². The summed E-state index contributed by atoms with van der Waals surface area (Å²) >= 11 is 0. The minimum Gasteiger partial charge on any atom is -0.462 e. The summed E-state index contributed by atoms with van der Waals surface area (Å²) in [5, 5.41) is 0. The summed E-state index contributed by atoms with van der Waals surface area (Å²) in [5.41, 5.74) is 0.517. The van der Waals surface area contributed by atoms with Crippen molar-refractivity contribution in [1.82, 2.24) is 0 Å². The van der Waals surface area contributed by atoms with E-state index < -0.39 is 0 Å². The summed E-state index contributed by atoms with van der Waals surface area (Å²) in [6.45, 7) is 8.58. The van der Waals surface area contributed by atoms with Crippen molar-refractivity contribution >= 4 is 11.8 Å². The van der Waals surface area contributed by atoms with E-state index in [1.165, 1.54) is 32.1 Å². The molecule has 0 heterocycles. The second-order valence-corrected chi connectivity index (χ2v) is 10.2. The van der Waals surface area contributed by atoms with Gasteiger partial charge in [-0.3, -0.25) is 9.59 Å².